The number of hydrogen-bond donors (Lipinski definition) is 0. The zero-order chi connectivity index (χ0) is 16.1. The molecule has 2 heterocycles. The summed E-state index contributed by atoms with van der Waals surface area (Å²) in [5.74, 6) is 0.953. The van der Waals surface area contributed by atoms with Gasteiger partial charge in [0.2, 0.25) is 5.91 Å². The van der Waals surface area contributed by atoms with Crippen molar-refractivity contribution in [3.63, 3.8) is 0 Å². The van der Waals surface area contributed by atoms with E-state index in [0.29, 0.717) is 0 Å². The van der Waals surface area contributed by atoms with Crippen molar-refractivity contribution in [1.29, 1.82) is 0 Å². The van der Waals surface area contributed by atoms with Crippen molar-refractivity contribution in [3.05, 3.63) is 52.7 Å². The number of carbonyl (C=O) groups is 1. The molecule has 1 aliphatic rings. The first-order valence-corrected chi connectivity index (χ1v) is 8.54. The predicted octanol–water partition coefficient (Wildman–Crippen LogP) is 3.12. The van der Waals surface area contributed by atoms with Gasteiger partial charge in [-0.3, -0.25) is 4.79 Å². The van der Waals surface area contributed by atoms with E-state index in [1.54, 1.807) is 24.5 Å². The highest BCUT2D eigenvalue weighted by Gasteiger charge is 2.19. The van der Waals surface area contributed by atoms with Crippen LogP contribution < -0.4 is 9.64 Å². The van der Waals surface area contributed by atoms with Crippen molar-refractivity contribution in [2.75, 3.05) is 38.2 Å². The zero-order valence-electron chi connectivity index (χ0n) is 13.1. The van der Waals surface area contributed by atoms with Gasteiger partial charge >= 0.3 is 0 Å². The van der Waals surface area contributed by atoms with Crippen LogP contribution in [0.2, 0.25) is 0 Å². The number of rotatable bonds is 4. The number of anilines is 1. The molecule has 0 aliphatic carbocycles. The maximum atomic E-state index is 12.2. The summed E-state index contributed by atoms with van der Waals surface area (Å²) in [7, 11) is 1.67. The Hall–Kier alpha value is -2.27. The zero-order valence-corrected chi connectivity index (χ0v) is 14.0. The average Bonchev–Trinajstić information content (AvgIpc) is 3.13. The molecule has 1 aliphatic heterocycles. The summed E-state index contributed by atoms with van der Waals surface area (Å²) in [5, 5.41) is 2.01. The molecular formula is C18H20N2O2S. The standard InChI is InChI=1S/C18H20N2O2S/c1-22-16-6-4-15(5-7-16)19-10-12-20(13-11-19)18(21)9-8-17-3-2-14-23-17/h2-9,14H,10-13H2,1H3/b9-8+. The third-order valence-electron chi connectivity index (χ3n) is 3.96. The van der Waals surface area contributed by atoms with Crippen molar-refractivity contribution in [3.8, 4) is 5.75 Å². The Labute approximate surface area is 140 Å². The minimum absolute atomic E-state index is 0.0905. The van der Waals surface area contributed by atoms with Gasteiger partial charge in [0.05, 0.1) is 7.11 Å². The highest BCUT2D eigenvalue weighted by atomic mass is 32.1. The predicted molar refractivity (Wildman–Crippen MR) is 95.1 cm³/mol. The quantitative estimate of drug-likeness (QED) is 0.809. The molecule has 1 aromatic heterocycles. The molecule has 1 saturated heterocycles. The van der Waals surface area contributed by atoms with Crippen molar-refractivity contribution in [2.24, 2.45) is 0 Å². The van der Waals surface area contributed by atoms with E-state index < -0.39 is 0 Å². The van der Waals surface area contributed by atoms with Crippen LogP contribution in [-0.4, -0.2) is 44.1 Å². The van der Waals surface area contributed by atoms with Gasteiger partial charge in [-0.25, -0.2) is 0 Å². The third-order valence-corrected chi connectivity index (χ3v) is 4.80. The SMILES string of the molecule is COc1ccc(N2CCN(C(=O)/C=C/c3cccs3)CC2)cc1. The number of piperazine rings is 1. The van der Waals surface area contributed by atoms with Crippen LogP contribution >= 0.6 is 11.3 Å². The minimum Gasteiger partial charge on any atom is -0.497 e. The van der Waals surface area contributed by atoms with E-state index >= 15 is 0 Å². The number of thiophene rings is 1. The first-order chi connectivity index (χ1) is 11.3. The average molecular weight is 328 g/mol. The maximum Gasteiger partial charge on any atom is 0.246 e. The van der Waals surface area contributed by atoms with Crippen LogP contribution in [0.25, 0.3) is 6.08 Å². The Kier molecular flexibility index (Phi) is 4.98. The Morgan fingerprint density at radius 3 is 2.48 bits per heavy atom. The second kappa shape index (κ2) is 7.33. The van der Waals surface area contributed by atoms with Crippen LogP contribution in [-0.2, 0) is 4.79 Å². The molecule has 120 valence electrons. The molecule has 2 aromatic rings. The lowest BCUT2D eigenvalue weighted by Crippen LogP contribution is -2.48. The lowest BCUT2D eigenvalue weighted by molar-refractivity contribution is -0.126. The molecule has 23 heavy (non-hydrogen) atoms. The first kappa shape index (κ1) is 15.6. The monoisotopic (exact) mass is 328 g/mol. The molecule has 0 N–H and O–H groups in total. The number of ether oxygens (including phenoxy) is 1. The van der Waals surface area contributed by atoms with Gasteiger partial charge in [0, 0.05) is 42.8 Å². The largest absolute Gasteiger partial charge is 0.497 e. The summed E-state index contributed by atoms with van der Waals surface area (Å²) in [6.07, 6.45) is 3.57. The second-order valence-electron chi connectivity index (χ2n) is 5.36. The summed E-state index contributed by atoms with van der Waals surface area (Å²) >= 11 is 1.64. The van der Waals surface area contributed by atoms with Crippen molar-refractivity contribution < 1.29 is 9.53 Å². The third kappa shape index (κ3) is 3.93. The number of hydrogen-bond acceptors (Lipinski definition) is 4. The van der Waals surface area contributed by atoms with Crippen LogP contribution in [0.4, 0.5) is 5.69 Å². The maximum absolute atomic E-state index is 12.2. The fraction of sp³-hybridized carbons (Fsp3) is 0.278. The Bertz CT molecular complexity index is 657. The summed E-state index contributed by atoms with van der Waals surface area (Å²) in [5.41, 5.74) is 1.17. The lowest BCUT2D eigenvalue weighted by Gasteiger charge is -2.35. The van der Waals surface area contributed by atoms with E-state index in [4.69, 9.17) is 4.74 Å². The van der Waals surface area contributed by atoms with Gasteiger partial charge in [-0.2, -0.15) is 0 Å². The first-order valence-electron chi connectivity index (χ1n) is 7.66. The van der Waals surface area contributed by atoms with Gasteiger partial charge < -0.3 is 14.5 Å². The number of carbonyl (C=O) groups excluding carboxylic acids is 1. The summed E-state index contributed by atoms with van der Waals surface area (Å²) in [4.78, 5) is 17.5. The molecule has 0 unspecified atom stereocenters. The molecule has 4 nitrogen and oxygen atoms in total. The van der Waals surface area contributed by atoms with Crippen LogP contribution in [0.3, 0.4) is 0 Å². The summed E-state index contributed by atoms with van der Waals surface area (Å²) in [6.45, 7) is 3.20. The molecule has 0 saturated carbocycles. The van der Waals surface area contributed by atoms with E-state index in [1.807, 2.05) is 40.6 Å². The Balaban J connectivity index is 1.54. The highest BCUT2D eigenvalue weighted by molar-refractivity contribution is 7.10. The molecule has 3 rings (SSSR count). The fourth-order valence-electron chi connectivity index (χ4n) is 2.62. The fourth-order valence-corrected chi connectivity index (χ4v) is 3.24. The second-order valence-corrected chi connectivity index (χ2v) is 6.34. The van der Waals surface area contributed by atoms with E-state index in [1.165, 1.54) is 5.69 Å². The molecule has 0 bridgehead atoms. The van der Waals surface area contributed by atoms with Gasteiger partial charge in [-0.05, 0) is 41.8 Å². The highest BCUT2D eigenvalue weighted by Crippen LogP contribution is 2.20. The van der Waals surface area contributed by atoms with Gasteiger partial charge in [0.1, 0.15) is 5.75 Å². The lowest BCUT2D eigenvalue weighted by atomic mass is 10.2. The van der Waals surface area contributed by atoms with Gasteiger partial charge in [-0.15, -0.1) is 11.3 Å². The number of amides is 1. The van der Waals surface area contributed by atoms with E-state index in [2.05, 4.69) is 17.0 Å². The van der Waals surface area contributed by atoms with Gasteiger partial charge in [0.25, 0.3) is 0 Å². The molecule has 0 spiro atoms. The smallest absolute Gasteiger partial charge is 0.246 e. The Morgan fingerprint density at radius 2 is 1.87 bits per heavy atom. The number of methoxy groups -OCH3 is 1. The van der Waals surface area contributed by atoms with Crippen LogP contribution in [0, 0.1) is 0 Å². The molecule has 1 aromatic carbocycles. The summed E-state index contributed by atoms with van der Waals surface area (Å²) < 4.78 is 5.18. The van der Waals surface area contributed by atoms with Crippen LogP contribution in [0.5, 0.6) is 5.75 Å². The minimum atomic E-state index is 0.0905. The van der Waals surface area contributed by atoms with E-state index in [-0.39, 0.29) is 5.91 Å². The molecular weight excluding hydrogens is 308 g/mol. The van der Waals surface area contributed by atoms with E-state index in [9.17, 15) is 4.79 Å². The van der Waals surface area contributed by atoms with Crippen molar-refractivity contribution >= 4 is 29.0 Å². The molecule has 1 fully saturated rings. The normalized spacial score (nSPS) is 15.2. The summed E-state index contributed by atoms with van der Waals surface area (Å²) in [6, 6.07) is 12.1. The number of nitrogens with zero attached hydrogens (tertiary/aromatic N) is 2. The topological polar surface area (TPSA) is 32.8 Å². The molecule has 0 atom stereocenters. The van der Waals surface area contributed by atoms with Gasteiger partial charge in [-0.1, -0.05) is 6.07 Å². The Morgan fingerprint density at radius 1 is 1.13 bits per heavy atom. The van der Waals surface area contributed by atoms with Crippen LogP contribution in [0.15, 0.2) is 47.9 Å². The van der Waals surface area contributed by atoms with E-state index in [0.717, 1.165) is 36.8 Å². The molecule has 5 heteroatoms. The van der Waals surface area contributed by atoms with Crippen molar-refractivity contribution in [2.45, 2.75) is 0 Å². The van der Waals surface area contributed by atoms with Crippen LogP contribution in [0.1, 0.15) is 4.88 Å². The van der Waals surface area contributed by atoms with Crippen molar-refractivity contribution in [1.82, 2.24) is 4.90 Å². The van der Waals surface area contributed by atoms with Gasteiger partial charge in [0.15, 0.2) is 0 Å². The number of benzene rings is 1. The molecule has 0 radical (unpaired) electrons. The molecule has 1 amide bonds.